The Morgan fingerprint density at radius 2 is 1.63 bits per heavy atom. The van der Waals surface area contributed by atoms with Crippen molar-refractivity contribution < 1.29 is 26.8 Å². The van der Waals surface area contributed by atoms with Gasteiger partial charge >= 0.3 is 0 Å². The van der Waals surface area contributed by atoms with E-state index in [1.807, 2.05) is 4.72 Å². The number of hydrogen-bond acceptors (Lipinski definition) is 6. The lowest BCUT2D eigenvalue weighted by atomic mass is 10.00. The number of halogens is 2. The Kier molecular flexibility index (Phi) is 10.4. The molecule has 38 heavy (non-hydrogen) atoms. The number of sulfonamides is 1. The van der Waals surface area contributed by atoms with Gasteiger partial charge in [0.1, 0.15) is 11.6 Å². The Morgan fingerprint density at radius 1 is 0.921 bits per heavy atom. The van der Waals surface area contributed by atoms with Gasteiger partial charge in [0.2, 0.25) is 11.8 Å². The van der Waals surface area contributed by atoms with Gasteiger partial charge in [-0.3, -0.25) is 9.59 Å². The lowest BCUT2D eigenvalue weighted by Gasteiger charge is -2.15. The van der Waals surface area contributed by atoms with Crippen molar-refractivity contribution >= 4 is 34.5 Å². The van der Waals surface area contributed by atoms with Gasteiger partial charge < -0.3 is 10.6 Å². The summed E-state index contributed by atoms with van der Waals surface area (Å²) in [6.45, 7) is 1.93. The van der Waals surface area contributed by atoms with Crippen LogP contribution in [-0.4, -0.2) is 39.1 Å². The molecule has 0 saturated carbocycles. The van der Waals surface area contributed by atoms with Crippen LogP contribution in [0.5, 0.6) is 0 Å². The molecule has 0 aromatic heterocycles. The van der Waals surface area contributed by atoms with Crippen LogP contribution in [0.25, 0.3) is 11.1 Å². The quantitative estimate of drug-likeness (QED) is 0.200. The van der Waals surface area contributed by atoms with Crippen LogP contribution in [0.1, 0.15) is 18.1 Å². The van der Waals surface area contributed by atoms with E-state index in [2.05, 4.69) is 23.3 Å². The van der Waals surface area contributed by atoms with Gasteiger partial charge in [-0.1, -0.05) is 48.5 Å². The molecule has 0 radical (unpaired) electrons. The molecular formula is C27H29F2N3O4S2. The first-order valence-electron chi connectivity index (χ1n) is 11.9. The Hall–Kier alpha value is -3.28. The molecule has 0 saturated heterocycles. The van der Waals surface area contributed by atoms with E-state index in [-0.39, 0.29) is 47.4 Å². The smallest absolute Gasteiger partial charge is 0.264 e. The van der Waals surface area contributed by atoms with Crippen molar-refractivity contribution in [3.05, 3.63) is 89.5 Å². The normalized spacial score (nSPS) is 12.1. The van der Waals surface area contributed by atoms with E-state index in [0.29, 0.717) is 23.2 Å². The van der Waals surface area contributed by atoms with Crippen LogP contribution in [0.3, 0.4) is 0 Å². The summed E-state index contributed by atoms with van der Waals surface area (Å²) < 4.78 is 55.7. The summed E-state index contributed by atoms with van der Waals surface area (Å²) in [6, 6.07) is 16.7. The maximum absolute atomic E-state index is 14.8. The van der Waals surface area contributed by atoms with Crippen LogP contribution in [-0.2, 0) is 32.6 Å². The van der Waals surface area contributed by atoms with Crippen molar-refractivity contribution in [1.82, 2.24) is 15.4 Å². The molecule has 11 heteroatoms. The van der Waals surface area contributed by atoms with Crippen molar-refractivity contribution in [3.63, 3.8) is 0 Å². The standard InChI is InChI=1S/C27H29F2N3O4S2/c1-18(33)32-38(35,36)26-9-5-3-7-23(26)19-10-11-21(25(29)15-19)16-30-12-13-31-27(34)22(17-37)14-20-6-2-4-8-24(20)28/h2-11,15,22,30,37H,12-14,16-17H2,1H3,(H,31,34)(H,32,33)/t22-/m1/s1. The molecule has 0 aliphatic carbocycles. The topological polar surface area (TPSA) is 104 Å². The third kappa shape index (κ3) is 7.86. The lowest BCUT2D eigenvalue weighted by molar-refractivity contribution is -0.124. The predicted molar refractivity (Wildman–Crippen MR) is 145 cm³/mol. The third-order valence-corrected chi connectivity index (χ3v) is 7.68. The fourth-order valence-electron chi connectivity index (χ4n) is 3.85. The second kappa shape index (κ2) is 13.5. The molecule has 202 valence electrons. The number of amides is 2. The van der Waals surface area contributed by atoms with Crippen LogP contribution in [0.15, 0.2) is 71.6 Å². The number of hydrogen-bond donors (Lipinski definition) is 4. The molecule has 3 aromatic rings. The molecule has 0 spiro atoms. The highest BCUT2D eigenvalue weighted by Gasteiger charge is 2.21. The van der Waals surface area contributed by atoms with Gasteiger partial charge in [-0.2, -0.15) is 12.6 Å². The highest BCUT2D eigenvalue weighted by atomic mass is 32.2. The largest absolute Gasteiger partial charge is 0.355 e. The van der Waals surface area contributed by atoms with Crippen LogP contribution in [0.4, 0.5) is 8.78 Å². The first kappa shape index (κ1) is 29.3. The van der Waals surface area contributed by atoms with Crippen LogP contribution < -0.4 is 15.4 Å². The van der Waals surface area contributed by atoms with Crippen molar-refractivity contribution in [2.45, 2.75) is 24.8 Å². The molecular weight excluding hydrogens is 532 g/mol. The Labute approximate surface area is 226 Å². The van der Waals surface area contributed by atoms with E-state index in [0.717, 1.165) is 6.92 Å². The molecule has 3 N–H and O–H groups in total. The van der Waals surface area contributed by atoms with E-state index in [1.54, 1.807) is 36.4 Å². The summed E-state index contributed by atoms with van der Waals surface area (Å²) in [4.78, 5) is 23.6. The van der Waals surface area contributed by atoms with Crippen molar-refractivity contribution in [3.8, 4) is 11.1 Å². The second-order valence-electron chi connectivity index (χ2n) is 8.61. The molecule has 3 rings (SSSR count). The first-order chi connectivity index (χ1) is 18.1. The minimum Gasteiger partial charge on any atom is -0.355 e. The Balaban J connectivity index is 1.55. The minimum atomic E-state index is -4.11. The summed E-state index contributed by atoms with van der Waals surface area (Å²) in [7, 11) is -4.11. The third-order valence-electron chi connectivity index (χ3n) is 5.75. The van der Waals surface area contributed by atoms with Gasteiger partial charge in [0.15, 0.2) is 0 Å². The molecule has 1 atom stereocenters. The average Bonchev–Trinajstić information content (AvgIpc) is 2.88. The van der Waals surface area contributed by atoms with Crippen molar-refractivity contribution in [2.75, 3.05) is 18.8 Å². The number of rotatable bonds is 12. The van der Waals surface area contributed by atoms with Crippen LogP contribution in [0, 0.1) is 17.6 Å². The molecule has 0 unspecified atom stereocenters. The molecule has 0 aliphatic heterocycles. The fraction of sp³-hybridized carbons (Fsp3) is 0.259. The zero-order chi connectivity index (χ0) is 27.7. The van der Waals surface area contributed by atoms with Gasteiger partial charge in [-0.15, -0.1) is 0 Å². The van der Waals surface area contributed by atoms with Crippen LogP contribution in [0.2, 0.25) is 0 Å². The summed E-state index contributed by atoms with van der Waals surface area (Å²) >= 11 is 4.22. The molecule has 7 nitrogen and oxygen atoms in total. The fourth-order valence-corrected chi connectivity index (χ4v) is 5.37. The van der Waals surface area contributed by atoms with E-state index >= 15 is 0 Å². The highest BCUT2D eigenvalue weighted by Crippen LogP contribution is 2.28. The molecule has 0 heterocycles. The average molecular weight is 562 g/mol. The molecule has 0 aliphatic rings. The predicted octanol–water partition coefficient (Wildman–Crippen LogP) is 3.45. The van der Waals surface area contributed by atoms with Gasteiger partial charge in [0, 0.05) is 43.4 Å². The van der Waals surface area contributed by atoms with Gasteiger partial charge in [0.25, 0.3) is 10.0 Å². The summed E-state index contributed by atoms with van der Waals surface area (Å²) in [5.74, 6) is -2.09. The zero-order valence-corrected chi connectivity index (χ0v) is 22.4. The molecule has 2 amide bonds. The maximum atomic E-state index is 14.8. The Bertz CT molecular complexity index is 1400. The highest BCUT2D eigenvalue weighted by molar-refractivity contribution is 7.90. The number of carbonyl (C=O) groups is 2. The zero-order valence-electron chi connectivity index (χ0n) is 20.7. The number of benzene rings is 3. The lowest BCUT2D eigenvalue weighted by Crippen LogP contribution is -2.37. The number of nitrogens with one attached hydrogen (secondary N) is 3. The second-order valence-corrected chi connectivity index (χ2v) is 10.6. The van der Waals surface area contributed by atoms with E-state index in [4.69, 9.17) is 0 Å². The van der Waals surface area contributed by atoms with E-state index < -0.39 is 27.7 Å². The SMILES string of the molecule is CC(=O)NS(=O)(=O)c1ccccc1-c1ccc(CNCCNC(=O)[C@@H](CS)Cc2ccccc2F)c(F)c1. The minimum absolute atomic E-state index is 0.134. The molecule has 3 aromatic carbocycles. The van der Waals surface area contributed by atoms with E-state index in [1.165, 1.54) is 30.3 Å². The number of thiol groups is 1. The molecule has 0 fully saturated rings. The summed E-state index contributed by atoms with van der Waals surface area (Å²) in [5, 5.41) is 5.84. The van der Waals surface area contributed by atoms with Gasteiger partial charge in [-0.25, -0.2) is 21.9 Å². The van der Waals surface area contributed by atoms with E-state index in [9.17, 15) is 26.8 Å². The summed E-state index contributed by atoms with van der Waals surface area (Å²) in [5.41, 5.74) is 1.41. The maximum Gasteiger partial charge on any atom is 0.264 e. The molecule has 0 bridgehead atoms. The first-order valence-corrected chi connectivity index (χ1v) is 14.0. The Morgan fingerprint density at radius 3 is 2.32 bits per heavy atom. The van der Waals surface area contributed by atoms with Gasteiger partial charge in [-0.05, 0) is 35.7 Å². The number of carbonyl (C=O) groups excluding carboxylic acids is 2. The van der Waals surface area contributed by atoms with Crippen molar-refractivity contribution in [2.24, 2.45) is 5.92 Å². The van der Waals surface area contributed by atoms with Crippen molar-refractivity contribution in [1.29, 1.82) is 0 Å². The monoisotopic (exact) mass is 561 g/mol. The van der Waals surface area contributed by atoms with Gasteiger partial charge in [0.05, 0.1) is 10.8 Å². The summed E-state index contributed by atoms with van der Waals surface area (Å²) in [6.07, 6.45) is 0.238. The van der Waals surface area contributed by atoms with Crippen LogP contribution >= 0.6 is 12.6 Å².